The minimum atomic E-state index is -1.16. The Morgan fingerprint density at radius 2 is 1.56 bits per heavy atom. The van der Waals surface area contributed by atoms with Crippen LogP contribution in [0.25, 0.3) is 0 Å². The largest absolute Gasteiger partial charge is 0.481 e. The molecular weight excluding hydrogens is 210 g/mol. The lowest BCUT2D eigenvalue weighted by molar-refractivity contribution is -0.159. The highest BCUT2D eigenvalue weighted by Gasteiger charge is 2.50. The molecule has 0 saturated heterocycles. The van der Waals surface area contributed by atoms with Crippen LogP contribution in [-0.2, 0) is 9.59 Å². The molecule has 0 rings (SSSR count). The van der Waals surface area contributed by atoms with Gasteiger partial charge in [0.15, 0.2) is 0 Å². The highest BCUT2D eigenvalue weighted by molar-refractivity contribution is 5.81. The van der Waals surface area contributed by atoms with Crippen molar-refractivity contribution in [3.8, 4) is 0 Å². The molecule has 0 aromatic heterocycles. The summed E-state index contributed by atoms with van der Waals surface area (Å²) in [7, 11) is 3.34. The molecule has 0 aromatic rings. The highest BCUT2D eigenvalue weighted by atomic mass is 16.4. The highest BCUT2D eigenvalue weighted by Crippen LogP contribution is 2.38. The van der Waals surface area contributed by atoms with E-state index in [9.17, 15) is 14.7 Å². The number of carbonyl (C=O) groups is 2. The summed E-state index contributed by atoms with van der Waals surface area (Å²) in [6, 6.07) is 0. The average Bonchev–Trinajstić information content (AvgIpc) is 1.99. The summed E-state index contributed by atoms with van der Waals surface area (Å²) < 4.78 is 0. The van der Waals surface area contributed by atoms with Gasteiger partial charge in [-0.1, -0.05) is 20.8 Å². The van der Waals surface area contributed by atoms with Crippen molar-refractivity contribution in [2.24, 2.45) is 5.41 Å². The summed E-state index contributed by atoms with van der Waals surface area (Å²) in [5.41, 5.74) is -1.71. The van der Waals surface area contributed by atoms with Crippen LogP contribution in [0.3, 0.4) is 0 Å². The number of hydrogen-bond acceptors (Lipinski definition) is 3. The third kappa shape index (κ3) is 2.72. The standard InChI is InChI=1S/C11H21NO4/c1-10(2,3)11(9(15)16,12(4)5)7-6-8(13)14/h6-7H2,1-5H3,(H,13,14)(H,15,16)/t11-/m0/s1. The Labute approximate surface area is 96.1 Å². The maximum Gasteiger partial charge on any atom is 0.324 e. The predicted octanol–water partition coefficient (Wildman–Crippen LogP) is 1.28. The van der Waals surface area contributed by atoms with Crippen LogP contribution >= 0.6 is 0 Å². The molecule has 0 bridgehead atoms. The Morgan fingerprint density at radius 3 is 1.75 bits per heavy atom. The van der Waals surface area contributed by atoms with Crippen molar-refractivity contribution >= 4 is 11.9 Å². The number of nitrogens with zero attached hydrogens (tertiary/aromatic N) is 1. The van der Waals surface area contributed by atoms with Gasteiger partial charge >= 0.3 is 11.9 Å². The number of carboxylic acid groups (broad SMARTS) is 2. The molecule has 0 fully saturated rings. The second kappa shape index (κ2) is 4.82. The summed E-state index contributed by atoms with van der Waals surface area (Å²) in [6.45, 7) is 5.43. The van der Waals surface area contributed by atoms with Gasteiger partial charge in [0.1, 0.15) is 5.54 Å². The Bertz CT molecular complexity index is 280. The van der Waals surface area contributed by atoms with Gasteiger partial charge in [-0.15, -0.1) is 0 Å². The van der Waals surface area contributed by atoms with Crippen molar-refractivity contribution in [3.63, 3.8) is 0 Å². The van der Waals surface area contributed by atoms with Gasteiger partial charge in [0.25, 0.3) is 0 Å². The molecule has 5 heteroatoms. The second-order valence-electron chi connectivity index (χ2n) is 5.20. The molecule has 0 spiro atoms. The summed E-state index contributed by atoms with van der Waals surface area (Å²) in [5, 5.41) is 18.1. The van der Waals surface area contributed by atoms with E-state index in [1.807, 2.05) is 20.8 Å². The number of aliphatic carboxylic acids is 2. The Hall–Kier alpha value is -1.10. The summed E-state index contributed by atoms with van der Waals surface area (Å²) in [6.07, 6.45) is -0.0596. The van der Waals surface area contributed by atoms with E-state index >= 15 is 0 Å². The molecule has 2 N–H and O–H groups in total. The van der Waals surface area contributed by atoms with E-state index in [-0.39, 0.29) is 12.8 Å². The van der Waals surface area contributed by atoms with Gasteiger partial charge in [-0.3, -0.25) is 14.5 Å². The van der Waals surface area contributed by atoms with Crippen molar-refractivity contribution in [2.45, 2.75) is 39.2 Å². The summed E-state index contributed by atoms with van der Waals surface area (Å²) >= 11 is 0. The fourth-order valence-corrected chi connectivity index (χ4v) is 2.18. The van der Waals surface area contributed by atoms with Crippen LogP contribution in [0.15, 0.2) is 0 Å². The van der Waals surface area contributed by atoms with E-state index in [0.29, 0.717) is 0 Å². The molecule has 94 valence electrons. The zero-order valence-electron chi connectivity index (χ0n) is 10.6. The maximum atomic E-state index is 11.5. The minimum absolute atomic E-state index is 0.0914. The first-order valence-electron chi connectivity index (χ1n) is 5.18. The van der Waals surface area contributed by atoms with E-state index in [2.05, 4.69) is 0 Å². The molecule has 0 aromatic carbocycles. The number of likely N-dealkylation sites (N-methyl/N-ethyl adjacent to an activating group) is 1. The topological polar surface area (TPSA) is 77.8 Å². The van der Waals surface area contributed by atoms with E-state index < -0.39 is 22.9 Å². The van der Waals surface area contributed by atoms with Crippen LogP contribution in [0.4, 0.5) is 0 Å². The zero-order valence-corrected chi connectivity index (χ0v) is 10.6. The van der Waals surface area contributed by atoms with Crippen molar-refractivity contribution in [2.75, 3.05) is 14.1 Å². The summed E-state index contributed by atoms with van der Waals surface area (Å²) in [5.74, 6) is -1.96. The van der Waals surface area contributed by atoms with Crippen LogP contribution in [0.5, 0.6) is 0 Å². The van der Waals surface area contributed by atoms with Crippen LogP contribution in [0.1, 0.15) is 33.6 Å². The first-order valence-corrected chi connectivity index (χ1v) is 5.18. The number of carboxylic acids is 2. The summed E-state index contributed by atoms with van der Waals surface area (Å²) in [4.78, 5) is 23.7. The van der Waals surface area contributed by atoms with Crippen LogP contribution in [0.2, 0.25) is 0 Å². The van der Waals surface area contributed by atoms with Gasteiger partial charge in [-0.25, -0.2) is 0 Å². The molecule has 0 heterocycles. The third-order valence-electron chi connectivity index (χ3n) is 3.06. The van der Waals surface area contributed by atoms with E-state index in [1.54, 1.807) is 19.0 Å². The van der Waals surface area contributed by atoms with Crippen LogP contribution < -0.4 is 0 Å². The molecule has 1 atom stereocenters. The van der Waals surface area contributed by atoms with E-state index in [1.165, 1.54) is 0 Å². The molecule has 0 radical (unpaired) electrons. The fraction of sp³-hybridized carbons (Fsp3) is 0.818. The normalized spacial score (nSPS) is 15.9. The molecule has 0 unspecified atom stereocenters. The fourth-order valence-electron chi connectivity index (χ4n) is 2.18. The molecule has 0 aliphatic carbocycles. The number of rotatable bonds is 5. The lowest BCUT2D eigenvalue weighted by Crippen LogP contribution is -2.60. The molecule has 16 heavy (non-hydrogen) atoms. The number of hydrogen-bond donors (Lipinski definition) is 2. The van der Waals surface area contributed by atoms with Crippen molar-refractivity contribution in [1.29, 1.82) is 0 Å². The Morgan fingerprint density at radius 1 is 1.12 bits per heavy atom. The lowest BCUT2D eigenvalue weighted by atomic mass is 9.70. The Balaban J connectivity index is 5.29. The average molecular weight is 231 g/mol. The lowest BCUT2D eigenvalue weighted by Gasteiger charge is -2.46. The van der Waals surface area contributed by atoms with Crippen molar-refractivity contribution < 1.29 is 19.8 Å². The van der Waals surface area contributed by atoms with E-state index in [0.717, 1.165) is 0 Å². The molecular formula is C11H21NO4. The zero-order chi connectivity index (χ0) is 13.1. The van der Waals surface area contributed by atoms with Gasteiger partial charge < -0.3 is 10.2 Å². The van der Waals surface area contributed by atoms with E-state index in [4.69, 9.17) is 5.11 Å². The van der Waals surface area contributed by atoms with Gasteiger partial charge in [0.2, 0.25) is 0 Å². The first kappa shape index (κ1) is 14.9. The van der Waals surface area contributed by atoms with Gasteiger partial charge in [-0.05, 0) is 25.9 Å². The first-order chi connectivity index (χ1) is 7.05. The van der Waals surface area contributed by atoms with Gasteiger partial charge in [0, 0.05) is 6.42 Å². The predicted molar refractivity (Wildman–Crippen MR) is 60.4 cm³/mol. The monoisotopic (exact) mass is 231 g/mol. The van der Waals surface area contributed by atoms with Crippen molar-refractivity contribution in [1.82, 2.24) is 4.90 Å². The van der Waals surface area contributed by atoms with Crippen molar-refractivity contribution in [3.05, 3.63) is 0 Å². The van der Waals surface area contributed by atoms with Crippen LogP contribution in [0, 0.1) is 5.41 Å². The Kier molecular flexibility index (Phi) is 4.49. The quantitative estimate of drug-likeness (QED) is 0.745. The molecule has 5 nitrogen and oxygen atoms in total. The molecule has 0 amide bonds. The second-order valence-corrected chi connectivity index (χ2v) is 5.20. The third-order valence-corrected chi connectivity index (χ3v) is 3.06. The van der Waals surface area contributed by atoms with Gasteiger partial charge in [-0.2, -0.15) is 0 Å². The molecule has 0 aliphatic rings. The van der Waals surface area contributed by atoms with Gasteiger partial charge in [0.05, 0.1) is 0 Å². The SMILES string of the molecule is CN(C)[C@@](CCC(=O)O)(C(=O)O)C(C)(C)C. The molecule has 0 saturated carbocycles. The minimum Gasteiger partial charge on any atom is -0.481 e. The molecule has 0 aliphatic heterocycles. The van der Waals surface area contributed by atoms with Crippen LogP contribution in [-0.4, -0.2) is 46.7 Å². The smallest absolute Gasteiger partial charge is 0.324 e. The maximum absolute atomic E-state index is 11.5.